The fourth-order valence-corrected chi connectivity index (χ4v) is 2.77. The molecule has 0 radical (unpaired) electrons. The highest BCUT2D eigenvalue weighted by atomic mass is 16.4. The number of carbonyl (C=O) groups is 1. The van der Waals surface area contributed by atoms with E-state index in [4.69, 9.17) is 5.11 Å². The minimum absolute atomic E-state index is 0.219. The number of carboxylic acid groups (broad SMARTS) is 1. The monoisotopic (exact) mass is 228 g/mol. The van der Waals surface area contributed by atoms with Crippen LogP contribution in [0.2, 0.25) is 0 Å². The van der Waals surface area contributed by atoms with E-state index >= 15 is 0 Å². The van der Waals surface area contributed by atoms with Crippen LogP contribution in [0.1, 0.15) is 19.8 Å². The molecule has 16 heavy (non-hydrogen) atoms. The quantitative estimate of drug-likeness (QED) is 0.607. The summed E-state index contributed by atoms with van der Waals surface area (Å²) in [6.45, 7) is 4.40. The predicted molar refractivity (Wildman–Crippen MR) is 59.2 cm³/mol. The first-order valence-electron chi connectivity index (χ1n) is 5.90. The van der Waals surface area contributed by atoms with Crippen LogP contribution >= 0.6 is 0 Å². The lowest BCUT2D eigenvalue weighted by Crippen LogP contribution is -2.46. The standard InChI is InChI=1S/C11H20N2O3/c1-11(16,10(14)15)7-13-5-8-3-2-4-12-9(8)6-13/h8-9,12,16H,2-7H2,1H3,(H,14,15). The number of fused-ring (bicyclic) bond motifs is 1. The van der Waals surface area contributed by atoms with Crippen LogP contribution in [0.15, 0.2) is 0 Å². The first-order chi connectivity index (χ1) is 7.49. The second-order valence-corrected chi connectivity index (χ2v) is 5.24. The summed E-state index contributed by atoms with van der Waals surface area (Å²) in [4.78, 5) is 12.9. The molecule has 0 aromatic heterocycles. The molecule has 0 saturated carbocycles. The zero-order chi connectivity index (χ0) is 11.8. The van der Waals surface area contributed by atoms with E-state index in [1.807, 2.05) is 0 Å². The van der Waals surface area contributed by atoms with Gasteiger partial charge in [0.05, 0.1) is 0 Å². The molecule has 0 aliphatic carbocycles. The lowest BCUT2D eigenvalue weighted by molar-refractivity contribution is -0.158. The van der Waals surface area contributed by atoms with Crippen molar-refractivity contribution in [2.75, 3.05) is 26.2 Å². The van der Waals surface area contributed by atoms with E-state index in [9.17, 15) is 9.90 Å². The van der Waals surface area contributed by atoms with Crippen molar-refractivity contribution >= 4 is 5.97 Å². The van der Waals surface area contributed by atoms with Crippen LogP contribution in [0.5, 0.6) is 0 Å². The summed E-state index contributed by atoms with van der Waals surface area (Å²) in [6, 6.07) is 0.485. The summed E-state index contributed by atoms with van der Waals surface area (Å²) < 4.78 is 0. The number of aliphatic hydroxyl groups is 1. The molecule has 0 spiro atoms. The van der Waals surface area contributed by atoms with Crippen LogP contribution in [-0.2, 0) is 4.79 Å². The molecule has 2 saturated heterocycles. The lowest BCUT2D eigenvalue weighted by Gasteiger charge is -2.25. The van der Waals surface area contributed by atoms with Crippen LogP contribution in [0.4, 0.5) is 0 Å². The highest BCUT2D eigenvalue weighted by molar-refractivity contribution is 5.76. The van der Waals surface area contributed by atoms with Gasteiger partial charge in [0.1, 0.15) is 0 Å². The summed E-state index contributed by atoms with van der Waals surface area (Å²) in [7, 11) is 0. The molecule has 5 nitrogen and oxygen atoms in total. The second kappa shape index (κ2) is 4.31. The molecular weight excluding hydrogens is 208 g/mol. The number of nitrogens with zero attached hydrogens (tertiary/aromatic N) is 1. The summed E-state index contributed by atoms with van der Waals surface area (Å²) in [5.74, 6) is -0.520. The average molecular weight is 228 g/mol. The van der Waals surface area contributed by atoms with Gasteiger partial charge < -0.3 is 15.5 Å². The Labute approximate surface area is 95.4 Å². The van der Waals surface area contributed by atoms with Crippen molar-refractivity contribution in [2.24, 2.45) is 5.92 Å². The molecule has 2 aliphatic rings. The zero-order valence-electron chi connectivity index (χ0n) is 9.65. The minimum Gasteiger partial charge on any atom is -0.479 e. The van der Waals surface area contributed by atoms with Gasteiger partial charge in [0.25, 0.3) is 0 Å². The van der Waals surface area contributed by atoms with E-state index < -0.39 is 11.6 Å². The number of hydrogen-bond donors (Lipinski definition) is 3. The Bertz CT molecular complexity index is 266. The molecule has 0 aromatic carbocycles. The summed E-state index contributed by atoms with van der Waals surface area (Å²) in [6.07, 6.45) is 2.41. The summed E-state index contributed by atoms with van der Waals surface area (Å²) in [5.41, 5.74) is -1.63. The third-order valence-electron chi connectivity index (χ3n) is 3.67. The maximum atomic E-state index is 10.8. The van der Waals surface area contributed by atoms with Gasteiger partial charge in [-0.1, -0.05) is 0 Å². The van der Waals surface area contributed by atoms with Crippen molar-refractivity contribution in [2.45, 2.75) is 31.4 Å². The Morgan fingerprint density at radius 3 is 2.94 bits per heavy atom. The molecule has 2 rings (SSSR count). The Kier molecular flexibility index (Phi) is 3.19. The normalized spacial score (nSPS) is 34.4. The third kappa shape index (κ3) is 2.36. The van der Waals surface area contributed by atoms with Crippen LogP contribution in [0.3, 0.4) is 0 Å². The van der Waals surface area contributed by atoms with E-state index in [1.54, 1.807) is 0 Å². The van der Waals surface area contributed by atoms with E-state index in [2.05, 4.69) is 10.2 Å². The van der Waals surface area contributed by atoms with Gasteiger partial charge in [0.2, 0.25) is 0 Å². The zero-order valence-corrected chi connectivity index (χ0v) is 9.65. The molecule has 92 valence electrons. The highest BCUT2D eigenvalue weighted by Gasteiger charge is 2.39. The summed E-state index contributed by atoms with van der Waals surface area (Å²) >= 11 is 0. The third-order valence-corrected chi connectivity index (χ3v) is 3.67. The van der Waals surface area contributed by atoms with Gasteiger partial charge in [-0.25, -0.2) is 4.79 Å². The Morgan fingerprint density at radius 2 is 2.31 bits per heavy atom. The average Bonchev–Trinajstić information content (AvgIpc) is 2.58. The van der Waals surface area contributed by atoms with Crippen molar-refractivity contribution in [3.05, 3.63) is 0 Å². The molecule has 3 unspecified atom stereocenters. The number of β-amino-alcohol motifs (C(OH)–C–C–N with tert-alkyl or cyclic N) is 1. The summed E-state index contributed by atoms with van der Waals surface area (Å²) in [5, 5.41) is 22.0. The molecule has 3 N–H and O–H groups in total. The molecular formula is C11H20N2O3. The molecule has 3 atom stereocenters. The molecule has 0 amide bonds. The Morgan fingerprint density at radius 1 is 1.56 bits per heavy atom. The second-order valence-electron chi connectivity index (χ2n) is 5.24. The number of carboxylic acids is 1. The van der Waals surface area contributed by atoms with Crippen molar-refractivity contribution in [3.8, 4) is 0 Å². The number of aliphatic carboxylic acids is 1. The topological polar surface area (TPSA) is 72.8 Å². The van der Waals surface area contributed by atoms with Crippen LogP contribution in [0, 0.1) is 5.92 Å². The van der Waals surface area contributed by atoms with E-state index in [0.29, 0.717) is 12.0 Å². The van der Waals surface area contributed by atoms with E-state index in [0.717, 1.165) is 19.6 Å². The highest BCUT2D eigenvalue weighted by Crippen LogP contribution is 2.25. The molecule has 0 aromatic rings. The largest absolute Gasteiger partial charge is 0.479 e. The van der Waals surface area contributed by atoms with E-state index in [-0.39, 0.29) is 6.54 Å². The molecule has 2 aliphatic heterocycles. The first-order valence-corrected chi connectivity index (χ1v) is 5.90. The van der Waals surface area contributed by atoms with Gasteiger partial charge in [-0.2, -0.15) is 0 Å². The number of nitrogens with one attached hydrogen (secondary N) is 1. The number of likely N-dealkylation sites (tertiary alicyclic amines) is 1. The molecule has 5 heteroatoms. The fraction of sp³-hybridized carbons (Fsp3) is 0.909. The maximum Gasteiger partial charge on any atom is 0.336 e. The Balaban J connectivity index is 1.91. The number of hydrogen-bond acceptors (Lipinski definition) is 4. The first kappa shape index (κ1) is 11.8. The van der Waals surface area contributed by atoms with Gasteiger partial charge in [-0.05, 0) is 32.2 Å². The van der Waals surface area contributed by atoms with Gasteiger partial charge in [-0.3, -0.25) is 4.90 Å². The van der Waals surface area contributed by atoms with Crippen molar-refractivity contribution in [1.29, 1.82) is 0 Å². The predicted octanol–water partition coefficient (Wildman–Crippen LogP) is -0.494. The Hall–Kier alpha value is -0.650. The van der Waals surface area contributed by atoms with Gasteiger partial charge >= 0.3 is 5.97 Å². The van der Waals surface area contributed by atoms with Crippen molar-refractivity contribution in [3.63, 3.8) is 0 Å². The SMILES string of the molecule is CC(O)(CN1CC2CCCNC2C1)C(=O)O. The van der Waals surface area contributed by atoms with Gasteiger partial charge in [0.15, 0.2) is 5.60 Å². The van der Waals surface area contributed by atoms with Crippen LogP contribution < -0.4 is 5.32 Å². The number of piperidine rings is 1. The molecule has 2 heterocycles. The van der Waals surface area contributed by atoms with Gasteiger partial charge in [0, 0.05) is 25.7 Å². The lowest BCUT2D eigenvalue weighted by atomic mass is 9.94. The smallest absolute Gasteiger partial charge is 0.336 e. The molecule has 0 bridgehead atoms. The maximum absolute atomic E-state index is 10.8. The van der Waals surface area contributed by atoms with E-state index in [1.165, 1.54) is 19.8 Å². The van der Waals surface area contributed by atoms with Crippen molar-refractivity contribution < 1.29 is 15.0 Å². The number of rotatable bonds is 3. The van der Waals surface area contributed by atoms with Crippen molar-refractivity contribution in [1.82, 2.24) is 10.2 Å². The van der Waals surface area contributed by atoms with Crippen LogP contribution in [-0.4, -0.2) is 58.9 Å². The fourth-order valence-electron chi connectivity index (χ4n) is 2.77. The molecule has 2 fully saturated rings. The minimum atomic E-state index is -1.63. The van der Waals surface area contributed by atoms with Gasteiger partial charge in [-0.15, -0.1) is 0 Å². The van der Waals surface area contributed by atoms with Crippen LogP contribution in [0.25, 0.3) is 0 Å².